The quantitative estimate of drug-likeness (QED) is 0.489. The van der Waals surface area contributed by atoms with E-state index < -0.39 is 0 Å². The van der Waals surface area contributed by atoms with E-state index in [1.807, 2.05) is 44.2 Å². The van der Waals surface area contributed by atoms with Gasteiger partial charge in [-0.3, -0.25) is 4.79 Å². The molecule has 3 rings (SSSR count). The molecule has 29 heavy (non-hydrogen) atoms. The van der Waals surface area contributed by atoms with Gasteiger partial charge < -0.3 is 14.8 Å². The highest BCUT2D eigenvalue weighted by molar-refractivity contribution is 6.33. The van der Waals surface area contributed by atoms with Gasteiger partial charge in [-0.15, -0.1) is 0 Å². The number of aryl methyl sites for hydroxylation is 2. The summed E-state index contributed by atoms with van der Waals surface area (Å²) in [5, 5.41) is 3.69. The largest absolute Gasteiger partial charge is 0.493 e. The van der Waals surface area contributed by atoms with Gasteiger partial charge in [0.2, 0.25) is 0 Å². The van der Waals surface area contributed by atoms with Crippen LogP contribution in [0.2, 0.25) is 10.0 Å². The average Bonchev–Trinajstić information content (AvgIpc) is 2.70. The van der Waals surface area contributed by atoms with Gasteiger partial charge in [0.05, 0.1) is 12.1 Å². The van der Waals surface area contributed by atoms with Gasteiger partial charge in [-0.1, -0.05) is 59.1 Å². The molecular formula is C23H21Cl2NO3. The standard InChI is InChI=1S/C23H21Cl2NO3/c1-14-4-7-16(8-5-14)13-29-22-20(25)10-17(11-21(22)28-3)23(27)26-18-9-6-15(2)19(24)12-18/h4-12H,13H2,1-3H3,(H,26,27). The third-order valence-electron chi connectivity index (χ3n) is 4.43. The van der Waals surface area contributed by atoms with E-state index in [9.17, 15) is 4.79 Å². The Bertz CT molecular complexity index is 1030. The van der Waals surface area contributed by atoms with Crippen LogP contribution in [0.15, 0.2) is 54.6 Å². The van der Waals surface area contributed by atoms with Crippen molar-refractivity contribution < 1.29 is 14.3 Å². The predicted octanol–water partition coefficient (Wildman–Crippen LogP) is 6.45. The van der Waals surface area contributed by atoms with Crippen molar-refractivity contribution in [3.63, 3.8) is 0 Å². The maximum atomic E-state index is 12.6. The fourth-order valence-corrected chi connectivity index (χ4v) is 3.15. The normalized spacial score (nSPS) is 10.5. The van der Waals surface area contributed by atoms with Gasteiger partial charge in [0.25, 0.3) is 5.91 Å². The number of nitrogens with one attached hydrogen (secondary N) is 1. The summed E-state index contributed by atoms with van der Waals surface area (Å²) in [5.41, 5.74) is 4.07. The minimum Gasteiger partial charge on any atom is -0.493 e. The van der Waals surface area contributed by atoms with Crippen LogP contribution in [0.25, 0.3) is 0 Å². The van der Waals surface area contributed by atoms with Gasteiger partial charge >= 0.3 is 0 Å². The monoisotopic (exact) mass is 429 g/mol. The summed E-state index contributed by atoms with van der Waals surface area (Å²) >= 11 is 12.5. The molecule has 0 heterocycles. The average molecular weight is 430 g/mol. The van der Waals surface area contributed by atoms with E-state index in [1.54, 1.807) is 24.3 Å². The van der Waals surface area contributed by atoms with Gasteiger partial charge in [0.1, 0.15) is 6.61 Å². The lowest BCUT2D eigenvalue weighted by atomic mass is 10.1. The van der Waals surface area contributed by atoms with Crippen molar-refractivity contribution in [2.24, 2.45) is 0 Å². The zero-order valence-electron chi connectivity index (χ0n) is 16.4. The topological polar surface area (TPSA) is 47.6 Å². The van der Waals surface area contributed by atoms with Crippen molar-refractivity contribution in [2.45, 2.75) is 20.5 Å². The van der Waals surface area contributed by atoms with Crippen LogP contribution in [0.5, 0.6) is 11.5 Å². The lowest BCUT2D eigenvalue weighted by Gasteiger charge is -2.14. The highest BCUT2D eigenvalue weighted by Crippen LogP contribution is 2.37. The number of benzene rings is 3. The molecule has 0 aliphatic heterocycles. The van der Waals surface area contributed by atoms with Crippen LogP contribution < -0.4 is 14.8 Å². The first-order valence-electron chi connectivity index (χ1n) is 9.00. The van der Waals surface area contributed by atoms with E-state index in [1.165, 1.54) is 12.7 Å². The lowest BCUT2D eigenvalue weighted by molar-refractivity contribution is 0.102. The second-order valence-corrected chi connectivity index (χ2v) is 7.50. The van der Waals surface area contributed by atoms with E-state index in [4.69, 9.17) is 32.7 Å². The first-order valence-corrected chi connectivity index (χ1v) is 9.76. The molecule has 0 saturated heterocycles. The molecule has 0 atom stereocenters. The van der Waals surface area contributed by atoms with Crippen LogP contribution in [0, 0.1) is 13.8 Å². The molecule has 0 unspecified atom stereocenters. The number of anilines is 1. The molecule has 0 bridgehead atoms. The molecule has 1 amide bonds. The Labute approximate surface area is 180 Å². The van der Waals surface area contributed by atoms with E-state index in [0.29, 0.717) is 39.4 Å². The molecule has 150 valence electrons. The van der Waals surface area contributed by atoms with Crippen molar-refractivity contribution in [3.05, 3.63) is 86.9 Å². The third-order valence-corrected chi connectivity index (χ3v) is 5.11. The zero-order chi connectivity index (χ0) is 21.0. The van der Waals surface area contributed by atoms with E-state index >= 15 is 0 Å². The Hall–Kier alpha value is -2.69. The number of carbonyl (C=O) groups is 1. The Morgan fingerprint density at radius 3 is 2.34 bits per heavy atom. The fraction of sp³-hybridized carbons (Fsp3) is 0.174. The molecule has 0 spiro atoms. The van der Waals surface area contributed by atoms with Crippen molar-refractivity contribution in [1.29, 1.82) is 0 Å². The molecule has 3 aromatic carbocycles. The molecule has 6 heteroatoms. The molecule has 4 nitrogen and oxygen atoms in total. The molecule has 0 radical (unpaired) electrons. The number of hydrogen-bond acceptors (Lipinski definition) is 3. The zero-order valence-corrected chi connectivity index (χ0v) is 17.9. The Morgan fingerprint density at radius 2 is 1.69 bits per heavy atom. The van der Waals surface area contributed by atoms with E-state index in [2.05, 4.69) is 5.32 Å². The fourth-order valence-electron chi connectivity index (χ4n) is 2.70. The molecule has 0 aromatic heterocycles. The molecule has 1 N–H and O–H groups in total. The first-order chi connectivity index (χ1) is 13.9. The summed E-state index contributed by atoms with van der Waals surface area (Å²) in [7, 11) is 1.51. The number of halogens is 2. The molecule has 0 fully saturated rings. The van der Waals surface area contributed by atoms with Crippen LogP contribution in [0.3, 0.4) is 0 Å². The van der Waals surface area contributed by atoms with Crippen LogP contribution in [-0.2, 0) is 6.61 Å². The highest BCUT2D eigenvalue weighted by atomic mass is 35.5. The van der Waals surface area contributed by atoms with Crippen LogP contribution in [0.4, 0.5) is 5.69 Å². The predicted molar refractivity (Wildman–Crippen MR) is 118 cm³/mol. The third kappa shape index (κ3) is 5.22. The number of amides is 1. The minimum absolute atomic E-state index is 0.295. The first kappa shape index (κ1) is 21.0. The Balaban J connectivity index is 1.78. The second-order valence-electron chi connectivity index (χ2n) is 6.68. The van der Waals surface area contributed by atoms with Crippen molar-refractivity contribution in [1.82, 2.24) is 0 Å². The summed E-state index contributed by atoms with van der Waals surface area (Å²) in [6, 6.07) is 16.5. The number of ether oxygens (including phenoxy) is 2. The number of carbonyl (C=O) groups excluding carboxylic acids is 1. The Morgan fingerprint density at radius 1 is 0.966 bits per heavy atom. The SMILES string of the molecule is COc1cc(C(=O)Nc2ccc(C)c(Cl)c2)cc(Cl)c1OCc1ccc(C)cc1. The van der Waals surface area contributed by atoms with Crippen molar-refractivity contribution in [3.8, 4) is 11.5 Å². The van der Waals surface area contributed by atoms with Gasteiger partial charge in [-0.05, 0) is 49.2 Å². The molecule has 0 saturated carbocycles. The summed E-state index contributed by atoms with van der Waals surface area (Å²) in [5.74, 6) is 0.455. The van der Waals surface area contributed by atoms with E-state index in [0.717, 1.165) is 11.1 Å². The number of rotatable bonds is 6. The summed E-state index contributed by atoms with van der Waals surface area (Å²) in [4.78, 5) is 12.6. The smallest absolute Gasteiger partial charge is 0.255 e. The minimum atomic E-state index is -0.324. The van der Waals surface area contributed by atoms with Crippen molar-refractivity contribution in [2.75, 3.05) is 12.4 Å². The van der Waals surface area contributed by atoms with Gasteiger partial charge in [0, 0.05) is 16.3 Å². The molecular weight excluding hydrogens is 409 g/mol. The van der Waals surface area contributed by atoms with Crippen LogP contribution >= 0.6 is 23.2 Å². The summed E-state index contributed by atoms with van der Waals surface area (Å²) in [6.07, 6.45) is 0. The van der Waals surface area contributed by atoms with Gasteiger partial charge in [-0.2, -0.15) is 0 Å². The lowest BCUT2D eigenvalue weighted by Crippen LogP contribution is -2.12. The van der Waals surface area contributed by atoms with Crippen molar-refractivity contribution >= 4 is 34.8 Å². The summed E-state index contributed by atoms with van der Waals surface area (Å²) < 4.78 is 11.3. The summed E-state index contributed by atoms with van der Waals surface area (Å²) in [6.45, 7) is 4.26. The number of hydrogen-bond donors (Lipinski definition) is 1. The Kier molecular flexibility index (Phi) is 6.68. The second kappa shape index (κ2) is 9.21. The maximum Gasteiger partial charge on any atom is 0.255 e. The number of methoxy groups -OCH3 is 1. The highest BCUT2D eigenvalue weighted by Gasteiger charge is 2.16. The molecule has 0 aliphatic carbocycles. The van der Waals surface area contributed by atoms with Gasteiger partial charge in [-0.25, -0.2) is 0 Å². The van der Waals surface area contributed by atoms with Crippen LogP contribution in [0.1, 0.15) is 27.0 Å². The molecule has 0 aliphatic rings. The van der Waals surface area contributed by atoms with E-state index in [-0.39, 0.29) is 5.91 Å². The van der Waals surface area contributed by atoms with Gasteiger partial charge in [0.15, 0.2) is 11.5 Å². The molecule has 3 aromatic rings. The van der Waals surface area contributed by atoms with Crippen LogP contribution in [-0.4, -0.2) is 13.0 Å². The maximum absolute atomic E-state index is 12.6.